The summed E-state index contributed by atoms with van der Waals surface area (Å²) in [6.45, 7) is 0. The highest BCUT2D eigenvalue weighted by Gasteiger charge is 1.96. The molecule has 0 saturated heterocycles. The molecule has 2 aromatic rings. The number of methoxy groups -OCH3 is 1. The summed E-state index contributed by atoms with van der Waals surface area (Å²) in [7, 11) is 1.64. The van der Waals surface area contributed by atoms with Crippen LogP contribution in [0, 0.1) is 0 Å². The van der Waals surface area contributed by atoms with Gasteiger partial charge in [-0.25, -0.2) is 0 Å². The van der Waals surface area contributed by atoms with Crippen LogP contribution in [-0.2, 0) is 0 Å². The van der Waals surface area contributed by atoms with Gasteiger partial charge in [-0.05, 0) is 48.5 Å². The minimum Gasteiger partial charge on any atom is -0.497 e. The topological polar surface area (TPSA) is 38.3 Å². The lowest BCUT2D eigenvalue weighted by Crippen LogP contribution is -1.91. The number of carbonyl (C=O) groups excluding carboxylic acids is 1. The highest BCUT2D eigenvalue weighted by atomic mass is 16.5. The summed E-state index contributed by atoms with van der Waals surface area (Å²) in [4.78, 5) is 10.5. The maximum absolute atomic E-state index is 10.5. The van der Waals surface area contributed by atoms with Gasteiger partial charge in [0.2, 0.25) is 0 Å². The SMILES string of the molecule is COc1ccc(Nc2ccc(C=O)cc2)cc1. The van der Waals surface area contributed by atoms with Crippen LogP contribution < -0.4 is 10.1 Å². The molecule has 0 aliphatic carbocycles. The second-order valence-corrected chi connectivity index (χ2v) is 3.59. The summed E-state index contributed by atoms with van der Waals surface area (Å²) in [5.74, 6) is 0.826. The maximum Gasteiger partial charge on any atom is 0.150 e. The molecule has 0 radical (unpaired) electrons. The maximum atomic E-state index is 10.5. The van der Waals surface area contributed by atoms with E-state index in [9.17, 15) is 4.79 Å². The number of aldehydes is 1. The third kappa shape index (κ3) is 2.84. The zero-order valence-electron chi connectivity index (χ0n) is 9.51. The first-order valence-electron chi connectivity index (χ1n) is 5.28. The van der Waals surface area contributed by atoms with Gasteiger partial charge in [0.05, 0.1) is 7.11 Å². The largest absolute Gasteiger partial charge is 0.497 e. The van der Waals surface area contributed by atoms with Crippen LogP contribution in [0.25, 0.3) is 0 Å². The standard InChI is InChI=1S/C14H13NO2/c1-17-14-8-6-13(7-9-14)15-12-4-2-11(10-16)3-5-12/h2-10,15H,1H3. The van der Waals surface area contributed by atoms with Crippen molar-refractivity contribution in [3.63, 3.8) is 0 Å². The smallest absolute Gasteiger partial charge is 0.150 e. The van der Waals surface area contributed by atoms with Gasteiger partial charge in [0.1, 0.15) is 12.0 Å². The van der Waals surface area contributed by atoms with Crippen LogP contribution in [0.1, 0.15) is 10.4 Å². The second-order valence-electron chi connectivity index (χ2n) is 3.59. The summed E-state index contributed by atoms with van der Waals surface area (Å²) in [6.07, 6.45) is 0.831. The number of carbonyl (C=O) groups is 1. The Balaban J connectivity index is 2.10. The Bertz CT molecular complexity index is 489. The van der Waals surface area contributed by atoms with Crippen LogP contribution in [0.4, 0.5) is 11.4 Å². The lowest BCUT2D eigenvalue weighted by atomic mass is 10.2. The van der Waals surface area contributed by atoms with Gasteiger partial charge in [-0.1, -0.05) is 0 Å². The van der Waals surface area contributed by atoms with Crippen molar-refractivity contribution < 1.29 is 9.53 Å². The van der Waals surface area contributed by atoms with E-state index in [0.717, 1.165) is 23.4 Å². The van der Waals surface area contributed by atoms with Gasteiger partial charge < -0.3 is 10.1 Å². The average molecular weight is 227 g/mol. The van der Waals surface area contributed by atoms with Crippen molar-refractivity contribution in [1.82, 2.24) is 0 Å². The van der Waals surface area contributed by atoms with Gasteiger partial charge in [-0.2, -0.15) is 0 Å². The van der Waals surface area contributed by atoms with E-state index in [1.807, 2.05) is 36.4 Å². The molecule has 0 unspecified atom stereocenters. The van der Waals surface area contributed by atoms with Crippen molar-refractivity contribution in [2.45, 2.75) is 0 Å². The molecule has 2 aromatic carbocycles. The number of ether oxygens (including phenoxy) is 1. The summed E-state index contributed by atoms with van der Waals surface area (Å²) in [5.41, 5.74) is 2.59. The lowest BCUT2D eigenvalue weighted by Gasteiger charge is -2.07. The Morgan fingerprint density at radius 1 is 0.941 bits per heavy atom. The minimum absolute atomic E-state index is 0.672. The van der Waals surface area contributed by atoms with E-state index in [2.05, 4.69) is 5.32 Å². The number of rotatable bonds is 4. The highest BCUT2D eigenvalue weighted by molar-refractivity contribution is 5.76. The van der Waals surface area contributed by atoms with Crippen molar-refractivity contribution in [2.24, 2.45) is 0 Å². The molecule has 2 rings (SSSR count). The number of anilines is 2. The average Bonchev–Trinajstić information content (AvgIpc) is 2.40. The molecule has 17 heavy (non-hydrogen) atoms. The Morgan fingerprint density at radius 2 is 1.47 bits per heavy atom. The Morgan fingerprint density at radius 3 is 1.94 bits per heavy atom. The number of benzene rings is 2. The first kappa shape index (κ1) is 11.2. The van der Waals surface area contributed by atoms with Crippen molar-refractivity contribution in [2.75, 3.05) is 12.4 Å². The van der Waals surface area contributed by atoms with Gasteiger partial charge in [-0.3, -0.25) is 4.79 Å². The van der Waals surface area contributed by atoms with Crippen LogP contribution >= 0.6 is 0 Å². The predicted octanol–water partition coefficient (Wildman–Crippen LogP) is 3.25. The normalized spacial score (nSPS) is 9.71. The third-order valence-corrected chi connectivity index (χ3v) is 2.43. The fourth-order valence-corrected chi connectivity index (χ4v) is 1.49. The lowest BCUT2D eigenvalue weighted by molar-refractivity contribution is 0.112. The zero-order chi connectivity index (χ0) is 12.1. The second kappa shape index (κ2) is 5.16. The molecule has 0 aliphatic rings. The van der Waals surface area contributed by atoms with Crippen molar-refractivity contribution in [3.05, 3.63) is 54.1 Å². The molecule has 3 heteroatoms. The fraction of sp³-hybridized carbons (Fsp3) is 0.0714. The summed E-state index contributed by atoms with van der Waals surface area (Å²) >= 11 is 0. The van der Waals surface area contributed by atoms with E-state index in [-0.39, 0.29) is 0 Å². The molecule has 0 bridgehead atoms. The van der Waals surface area contributed by atoms with Crippen LogP contribution in [0.15, 0.2) is 48.5 Å². The first-order valence-corrected chi connectivity index (χ1v) is 5.28. The fourth-order valence-electron chi connectivity index (χ4n) is 1.49. The van der Waals surface area contributed by atoms with Crippen molar-refractivity contribution in [3.8, 4) is 5.75 Å². The molecule has 3 nitrogen and oxygen atoms in total. The van der Waals surface area contributed by atoms with Gasteiger partial charge in [0.15, 0.2) is 0 Å². The monoisotopic (exact) mass is 227 g/mol. The number of nitrogens with one attached hydrogen (secondary N) is 1. The van der Waals surface area contributed by atoms with Gasteiger partial charge in [-0.15, -0.1) is 0 Å². The van der Waals surface area contributed by atoms with E-state index in [4.69, 9.17) is 4.74 Å². The third-order valence-electron chi connectivity index (χ3n) is 2.43. The molecular weight excluding hydrogens is 214 g/mol. The van der Waals surface area contributed by atoms with E-state index >= 15 is 0 Å². The van der Waals surface area contributed by atoms with Crippen LogP contribution in [-0.4, -0.2) is 13.4 Å². The van der Waals surface area contributed by atoms with Crippen molar-refractivity contribution in [1.29, 1.82) is 0 Å². The molecule has 0 atom stereocenters. The van der Waals surface area contributed by atoms with Gasteiger partial charge in [0.25, 0.3) is 0 Å². The number of hydrogen-bond donors (Lipinski definition) is 1. The molecule has 0 fully saturated rings. The molecule has 0 saturated carbocycles. The molecule has 0 heterocycles. The summed E-state index contributed by atoms with van der Waals surface area (Å²) < 4.78 is 5.08. The molecule has 0 aliphatic heterocycles. The molecule has 0 amide bonds. The predicted molar refractivity (Wildman–Crippen MR) is 68.1 cm³/mol. The molecule has 86 valence electrons. The highest BCUT2D eigenvalue weighted by Crippen LogP contribution is 2.19. The van der Waals surface area contributed by atoms with Crippen LogP contribution in [0.5, 0.6) is 5.75 Å². The number of hydrogen-bond acceptors (Lipinski definition) is 3. The zero-order valence-corrected chi connectivity index (χ0v) is 9.51. The summed E-state index contributed by atoms with van der Waals surface area (Å²) in [6, 6.07) is 14.9. The summed E-state index contributed by atoms with van der Waals surface area (Å²) in [5, 5.41) is 3.24. The minimum atomic E-state index is 0.672. The van der Waals surface area contributed by atoms with E-state index in [0.29, 0.717) is 5.56 Å². The first-order chi connectivity index (χ1) is 8.31. The van der Waals surface area contributed by atoms with Crippen molar-refractivity contribution >= 4 is 17.7 Å². The van der Waals surface area contributed by atoms with E-state index in [1.165, 1.54) is 0 Å². The quantitative estimate of drug-likeness (QED) is 0.815. The Kier molecular flexibility index (Phi) is 3.40. The molecular formula is C14H13NO2. The molecule has 0 spiro atoms. The van der Waals surface area contributed by atoms with Gasteiger partial charge in [0, 0.05) is 16.9 Å². The van der Waals surface area contributed by atoms with E-state index in [1.54, 1.807) is 19.2 Å². The molecule has 0 aromatic heterocycles. The van der Waals surface area contributed by atoms with E-state index < -0.39 is 0 Å². The van der Waals surface area contributed by atoms with Crippen LogP contribution in [0.3, 0.4) is 0 Å². The molecule has 1 N–H and O–H groups in total. The van der Waals surface area contributed by atoms with Crippen LogP contribution in [0.2, 0.25) is 0 Å². The Hall–Kier alpha value is -2.29. The Labute approximate surface area is 100 Å². The van der Waals surface area contributed by atoms with Gasteiger partial charge >= 0.3 is 0 Å².